The molecule has 3 rings (SSSR count). The lowest BCUT2D eigenvalue weighted by molar-refractivity contribution is 0.0956. The van der Waals surface area contributed by atoms with Gasteiger partial charge in [0, 0.05) is 42.8 Å². The van der Waals surface area contributed by atoms with Crippen LogP contribution in [0.5, 0.6) is 5.75 Å². The number of amides is 1. The van der Waals surface area contributed by atoms with Crippen molar-refractivity contribution >= 4 is 23.0 Å². The molecule has 144 valence electrons. The predicted octanol–water partition coefficient (Wildman–Crippen LogP) is 4.97. The molecule has 0 spiro atoms. The normalized spacial score (nSPS) is 10.3. The Kier molecular flexibility index (Phi) is 6.40. The number of ether oxygens (including phenoxy) is 1. The number of methoxy groups -OCH3 is 1. The van der Waals surface area contributed by atoms with Gasteiger partial charge < -0.3 is 20.0 Å². The zero-order valence-corrected chi connectivity index (χ0v) is 15.3. The molecule has 27 heavy (non-hydrogen) atoms. The number of carbonyl (C=O) groups is 1. The van der Waals surface area contributed by atoms with E-state index in [0.29, 0.717) is 12.1 Å². The molecule has 0 aliphatic carbocycles. The fraction of sp³-hybridized carbons (Fsp3) is 0.273. The first kappa shape index (κ1) is 20.2. The number of nitrogens with zero attached hydrogens (tertiary/aromatic N) is 1. The topological polar surface area (TPSA) is 67.1 Å². The van der Waals surface area contributed by atoms with Gasteiger partial charge in [-0.3, -0.25) is 4.79 Å². The zero-order chi connectivity index (χ0) is 18.7. The van der Waals surface area contributed by atoms with Gasteiger partial charge in [-0.2, -0.15) is 0 Å². The van der Waals surface area contributed by atoms with E-state index in [4.69, 9.17) is 10.1 Å². The number of aryl methyl sites for hydroxylation is 1. The van der Waals surface area contributed by atoms with Gasteiger partial charge in [-0.05, 0) is 49.7 Å². The number of rotatable bonds is 6. The van der Waals surface area contributed by atoms with Crippen molar-refractivity contribution in [1.82, 2.24) is 9.88 Å². The van der Waals surface area contributed by atoms with Crippen LogP contribution >= 0.6 is 0 Å². The molecule has 0 atom stereocenters. The van der Waals surface area contributed by atoms with Gasteiger partial charge in [0.15, 0.2) is 0 Å². The second-order valence-corrected chi connectivity index (χ2v) is 5.97. The molecule has 0 unspecified atom stereocenters. The molecule has 0 saturated carbocycles. The van der Waals surface area contributed by atoms with Crippen molar-refractivity contribution in [2.24, 2.45) is 0 Å². The molecule has 1 amide bonds. The Bertz CT molecular complexity index is 962. The monoisotopic (exact) mass is 367 g/mol. The van der Waals surface area contributed by atoms with E-state index in [9.17, 15) is 4.79 Å². The Morgan fingerprint density at radius 3 is 2.48 bits per heavy atom. The van der Waals surface area contributed by atoms with Crippen molar-refractivity contribution in [2.75, 3.05) is 13.7 Å². The SMILES string of the molecule is C.CCNC(=O)c1ccc(-c2c(C=N)c3cc(OC)ccc3n2CC)cc1.[HH]. The van der Waals surface area contributed by atoms with E-state index in [1.165, 1.54) is 6.21 Å². The van der Waals surface area contributed by atoms with Gasteiger partial charge in [-0.1, -0.05) is 19.6 Å². The van der Waals surface area contributed by atoms with E-state index in [0.717, 1.165) is 40.0 Å². The molecule has 3 aromatic rings. The fourth-order valence-electron chi connectivity index (χ4n) is 3.31. The summed E-state index contributed by atoms with van der Waals surface area (Å²) in [5, 5.41) is 11.7. The quantitative estimate of drug-likeness (QED) is 0.604. The third kappa shape index (κ3) is 3.58. The van der Waals surface area contributed by atoms with E-state index in [-0.39, 0.29) is 14.8 Å². The van der Waals surface area contributed by atoms with Gasteiger partial charge in [0.1, 0.15) is 5.75 Å². The molecule has 1 heterocycles. The van der Waals surface area contributed by atoms with Gasteiger partial charge in [0.2, 0.25) is 0 Å². The van der Waals surface area contributed by atoms with E-state index in [1.54, 1.807) is 7.11 Å². The Labute approximate surface area is 162 Å². The predicted molar refractivity (Wildman–Crippen MR) is 114 cm³/mol. The average molecular weight is 367 g/mol. The van der Waals surface area contributed by atoms with Gasteiger partial charge in [0.05, 0.1) is 12.8 Å². The van der Waals surface area contributed by atoms with Gasteiger partial charge in [0.25, 0.3) is 5.91 Å². The maximum Gasteiger partial charge on any atom is 0.251 e. The molecule has 5 nitrogen and oxygen atoms in total. The van der Waals surface area contributed by atoms with Gasteiger partial charge >= 0.3 is 0 Å². The summed E-state index contributed by atoms with van der Waals surface area (Å²) in [7, 11) is 1.64. The molecule has 0 saturated heterocycles. The van der Waals surface area contributed by atoms with Crippen molar-refractivity contribution < 1.29 is 11.0 Å². The fourth-order valence-corrected chi connectivity index (χ4v) is 3.31. The number of hydrogen-bond acceptors (Lipinski definition) is 3. The molecule has 0 fully saturated rings. The summed E-state index contributed by atoms with van der Waals surface area (Å²) < 4.78 is 7.54. The first-order valence-corrected chi connectivity index (χ1v) is 8.73. The Morgan fingerprint density at radius 2 is 1.93 bits per heavy atom. The van der Waals surface area contributed by atoms with Crippen LogP contribution in [-0.4, -0.2) is 30.3 Å². The highest BCUT2D eigenvalue weighted by Crippen LogP contribution is 2.34. The van der Waals surface area contributed by atoms with Crippen molar-refractivity contribution in [2.45, 2.75) is 27.8 Å². The Balaban J connectivity index is 0.00000196. The molecule has 0 aliphatic heterocycles. The number of carbonyl (C=O) groups excluding carboxylic acids is 1. The first-order valence-electron chi connectivity index (χ1n) is 8.73. The molecule has 0 aliphatic rings. The number of fused-ring (bicyclic) bond motifs is 1. The van der Waals surface area contributed by atoms with E-state index in [2.05, 4.69) is 16.8 Å². The summed E-state index contributed by atoms with van der Waals surface area (Å²) in [6, 6.07) is 13.5. The summed E-state index contributed by atoms with van der Waals surface area (Å²) in [6.07, 6.45) is 1.39. The molecular weight excluding hydrogens is 338 g/mol. The lowest BCUT2D eigenvalue weighted by Gasteiger charge is -2.10. The largest absolute Gasteiger partial charge is 0.497 e. The number of aromatic nitrogens is 1. The minimum absolute atomic E-state index is 0. The lowest BCUT2D eigenvalue weighted by atomic mass is 10.0. The molecule has 0 bridgehead atoms. The van der Waals surface area contributed by atoms with Crippen LogP contribution in [0.25, 0.3) is 22.2 Å². The first-order chi connectivity index (χ1) is 12.6. The second-order valence-electron chi connectivity index (χ2n) is 5.97. The van der Waals surface area contributed by atoms with Gasteiger partial charge in [-0.25, -0.2) is 0 Å². The second kappa shape index (κ2) is 8.54. The van der Waals surface area contributed by atoms with Crippen LogP contribution in [0.2, 0.25) is 0 Å². The van der Waals surface area contributed by atoms with E-state index >= 15 is 0 Å². The highest BCUT2D eigenvalue weighted by atomic mass is 16.5. The summed E-state index contributed by atoms with van der Waals surface area (Å²) in [5.41, 5.74) is 4.51. The smallest absolute Gasteiger partial charge is 0.251 e. The highest BCUT2D eigenvalue weighted by Gasteiger charge is 2.17. The third-order valence-corrected chi connectivity index (χ3v) is 4.53. The average Bonchev–Trinajstić information content (AvgIpc) is 3.00. The summed E-state index contributed by atoms with van der Waals surface area (Å²) in [4.78, 5) is 12.0. The van der Waals surface area contributed by atoms with Crippen molar-refractivity contribution in [3.63, 3.8) is 0 Å². The summed E-state index contributed by atoms with van der Waals surface area (Å²) in [6.45, 7) is 5.37. The molecule has 1 aromatic heterocycles. The van der Waals surface area contributed by atoms with Crippen LogP contribution in [0.1, 0.15) is 38.6 Å². The third-order valence-electron chi connectivity index (χ3n) is 4.53. The van der Waals surface area contributed by atoms with Crippen molar-refractivity contribution in [1.29, 1.82) is 5.41 Å². The van der Waals surface area contributed by atoms with Crippen LogP contribution in [0.3, 0.4) is 0 Å². The van der Waals surface area contributed by atoms with Crippen LogP contribution in [0, 0.1) is 5.41 Å². The van der Waals surface area contributed by atoms with Crippen LogP contribution < -0.4 is 10.1 Å². The molecule has 2 N–H and O–H groups in total. The Hall–Kier alpha value is -3.08. The van der Waals surface area contributed by atoms with Crippen molar-refractivity contribution in [3.8, 4) is 17.0 Å². The lowest BCUT2D eigenvalue weighted by Crippen LogP contribution is -2.22. The van der Waals surface area contributed by atoms with Crippen LogP contribution in [-0.2, 0) is 6.54 Å². The van der Waals surface area contributed by atoms with Crippen LogP contribution in [0.15, 0.2) is 42.5 Å². The van der Waals surface area contributed by atoms with Crippen molar-refractivity contribution in [3.05, 3.63) is 53.6 Å². The Morgan fingerprint density at radius 1 is 1.22 bits per heavy atom. The number of nitrogens with one attached hydrogen (secondary N) is 2. The van der Waals surface area contributed by atoms with Crippen LogP contribution in [0.4, 0.5) is 0 Å². The standard InChI is InChI=1S/C21H23N3O2.CH4.H2/c1-4-23-21(25)15-8-6-14(7-9-15)20-18(13-22)17-12-16(26-3)10-11-19(17)24(20)5-2;;/h6-13,22H,4-5H2,1-3H3,(H,23,25);1H4;1H. The van der Waals surface area contributed by atoms with E-state index in [1.807, 2.05) is 49.4 Å². The molecular formula is C22H29N3O2. The van der Waals surface area contributed by atoms with E-state index < -0.39 is 0 Å². The van der Waals surface area contributed by atoms with Gasteiger partial charge in [-0.15, -0.1) is 0 Å². The minimum atomic E-state index is -0.0768. The maximum absolute atomic E-state index is 12.0. The molecule has 0 radical (unpaired) electrons. The minimum Gasteiger partial charge on any atom is -0.497 e. The number of hydrogen-bond donors (Lipinski definition) is 2. The molecule has 2 aromatic carbocycles. The summed E-state index contributed by atoms with van der Waals surface area (Å²) in [5.74, 6) is 0.694. The number of benzene rings is 2. The molecule has 5 heteroatoms. The summed E-state index contributed by atoms with van der Waals surface area (Å²) >= 11 is 0. The highest BCUT2D eigenvalue weighted by molar-refractivity contribution is 6.06. The zero-order valence-electron chi connectivity index (χ0n) is 15.3. The maximum atomic E-state index is 12.0.